The van der Waals surface area contributed by atoms with Gasteiger partial charge in [-0.05, 0) is 18.9 Å². The van der Waals surface area contributed by atoms with Crippen LogP contribution in [0, 0.1) is 0 Å². The van der Waals surface area contributed by atoms with Crippen molar-refractivity contribution >= 4 is 18.2 Å². The van der Waals surface area contributed by atoms with E-state index in [1.807, 2.05) is 30.3 Å². The van der Waals surface area contributed by atoms with Gasteiger partial charge in [0.25, 0.3) is 0 Å². The Morgan fingerprint density at radius 1 is 1.10 bits per heavy atom. The molecule has 2 unspecified atom stereocenters. The molecule has 0 fully saturated rings. The first kappa shape index (κ1) is 26.6. The summed E-state index contributed by atoms with van der Waals surface area (Å²) < 4.78 is 4.38. The number of aldehydes is 1. The average molecular weight is 417 g/mol. The number of ether oxygens (including phenoxy) is 1. The molecule has 11 heteroatoms. The maximum absolute atomic E-state index is 10.9. The van der Waals surface area contributed by atoms with Crippen molar-refractivity contribution in [1.82, 2.24) is 0 Å². The Kier molecular flexibility index (Phi) is 12.6. The molecule has 0 aliphatic heterocycles. The Morgan fingerprint density at radius 3 is 2.07 bits per heavy atom. The summed E-state index contributed by atoms with van der Waals surface area (Å²) >= 11 is 0. The van der Waals surface area contributed by atoms with Gasteiger partial charge in [0.15, 0.2) is 12.4 Å². The number of esters is 1. The number of hydrogen-bond donors (Lipinski definition) is 7. The fourth-order valence-electron chi connectivity index (χ4n) is 1.90. The third-order valence-electron chi connectivity index (χ3n) is 3.61. The molecule has 0 saturated carbocycles. The summed E-state index contributed by atoms with van der Waals surface area (Å²) in [6.45, 7) is 0.254. The van der Waals surface area contributed by atoms with Gasteiger partial charge in [0.1, 0.15) is 30.5 Å². The molecule has 11 nitrogen and oxygen atoms in total. The molecule has 1 aromatic rings. The van der Waals surface area contributed by atoms with Crippen LogP contribution in [0.4, 0.5) is 0 Å². The van der Waals surface area contributed by atoms with Crippen LogP contribution in [0.3, 0.4) is 0 Å². The number of carbonyl (C=O) groups is 3. The topological polar surface area (TPSA) is 208 Å². The first-order valence-corrected chi connectivity index (χ1v) is 8.56. The maximum atomic E-state index is 10.9. The van der Waals surface area contributed by atoms with Crippen LogP contribution in [0.15, 0.2) is 30.3 Å². The summed E-state index contributed by atoms with van der Waals surface area (Å²) in [6, 6.07) is 8.54. The van der Waals surface area contributed by atoms with E-state index in [0.717, 1.165) is 12.5 Å². The second-order valence-corrected chi connectivity index (χ2v) is 6.08. The normalized spacial score (nSPS) is 16.8. The Balaban J connectivity index is 0.000000571. The van der Waals surface area contributed by atoms with Crippen LogP contribution in [-0.4, -0.2) is 92.0 Å². The number of carboxylic acids is 1. The predicted octanol–water partition coefficient (Wildman–Crippen LogP) is -2.81. The highest BCUT2D eigenvalue weighted by atomic mass is 16.6. The van der Waals surface area contributed by atoms with Gasteiger partial charge < -0.3 is 41.1 Å². The highest BCUT2D eigenvalue weighted by molar-refractivity contribution is 5.76. The summed E-state index contributed by atoms with van der Waals surface area (Å²) in [5.74, 6) is -2.12. The van der Waals surface area contributed by atoms with Crippen molar-refractivity contribution in [3.63, 3.8) is 0 Å². The summed E-state index contributed by atoms with van der Waals surface area (Å²) in [4.78, 5) is 31.9. The lowest BCUT2D eigenvalue weighted by atomic mass is 10.0. The monoisotopic (exact) mass is 417 g/mol. The minimum absolute atomic E-state index is 0.0399. The zero-order chi connectivity index (χ0) is 22.6. The van der Waals surface area contributed by atoms with E-state index < -0.39 is 55.1 Å². The Morgan fingerprint density at radius 2 is 1.66 bits per heavy atom. The van der Waals surface area contributed by atoms with Crippen molar-refractivity contribution in [2.45, 2.75) is 49.9 Å². The summed E-state index contributed by atoms with van der Waals surface area (Å²) in [5, 5.41) is 53.5. The molecule has 0 spiro atoms. The van der Waals surface area contributed by atoms with Gasteiger partial charge in [0.05, 0.1) is 6.61 Å². The minimum Gasteiger partial charge on any atom is -0.480 e. The van der Waals surface area contributed by atoms with Crippen LogP contribution in [0.1, 0.15) is 12.5 Å². The first-order valence-electron chi connectivity index (χ1n) is 8.56. The van der Waals surface area contributed by atoms with E-state index in [1.165, 1.54) is 0 Å². The Bertz CT molecular complexity index is 624. The third-order valence-corrected chi connectivity index (χ3v) is 3.61. The highest BCUT2D eigenvalue weighted by Crippen LogP contribution is 2.08. The van der Waals surface area contributed by atoms with E-state index in [2.05, 4.69) is 4.74 Å². The van der Waals surface area contributed by atoms with Crippen molar-refractivity contribution in [2.24, 2.45) is 5.73 Å². The van der Waals surface area contributed by atoms with Crippen LogP contribution in [-0.2, 0) is 25.5 Å². The van der Waals surface area contributed by atoms with E-state index in [-0.39, 0.29) is 6.29 Å². The molecule has 0 saturated heterocycles. The van der Waals surface area contributed by atoms with Gasteiger partial charge in [-0.1, -0.05) is 30.3 Å². The SMILES string of the molecule is CC(O)C(=O)O[C@@H](C=O)[C@@H](O)[C@H](O)[C@H](O)CO.NC(Cc1ccccc1)C(=O)O. The van der Waals surface area contributed by atoms with Crippen LogP contribution in [0.25, 0.3) is 0 Å². The van der Waals surface area contributed by atoms with Crippen molar-refractivity contribution < 1.29 is 49.8 Å². The van der Waals surface area contributed by atoms with Gasteiger partial charge in [0.2, 0.25) is 0 Å². The lowest BCUT2D eigenvalue weighted by molar-refractivity contribution is -0.174. The molecule has 29 heavy (non-hydrogen) atoms. The zero-order valence-corrected chi connectivity index (χ0v) is 15.7. The van der Waals surface area contributed by atoms with Crippen molar-refractivity contribution in [3.8, 4) is 0 Å². The molecule has 1 aromatic carbocycles. The number of aliphatic hydroxyl groups excluding tert-OH is 5. The fourth-order valence-corrected chi connectivity index (χ4v) is 1.90. The second kappa shape index (κ2) is 13.7. The van der Waals surface area contributed by atoms with Gasteiger partial charge in [-0.2, -0.15) is 0 Å². The second-order valence-electron chi connectivity index (χ2n) is 6.08. The lowest BCUT2D eigenvalue weighted by Gasteiger charge is -2.25. The molecule has 0 aliphatic rings. The van der Waals surface area contributed by atoms with Crippen LogP contribution in [0.5, 0.6) is 0 Å². The number of carbonyl (C=O) groups excluding carboxylic acids is 2. The number of nitrogens with two attached hydrogens (primary N) is 1. The van der Waals surface area contributed by atoms with Crippen molar-refractivity contribution in [1.29, 1.82) is 0 Å². The smallest absolute Gasteiger partial charge is 0.335 e. The molecule has 0 amide bonds. The largest absolute Gasteiger partial charge is 0.480 e. The van der Waals surface area contributed by atoms with Gasteiger partial charge in [-0.25, -0.2) is 4.79 Å². The molecule has 1 rings (SSSR count). The minimum atomic E-state index is -1.91. The van der Waals surface area contributed by atoms with Gasteiger partial charge >= 0.3 is 11.9 Å². The lowest BCUT2D eigenvalue weighted by Crippen LogP contribution is -2.48. The summed E-state index contributed by atoms with van der Waals surface area (Å²) in [5.41, 5.74) is 6.30. The molecular formula is C18H27NO10. The number of carboxylic acid groups (broad SMARTS) is 1. The van der Waals surface area contributed by atoms with E-state index in [1.54, 1.807) is 0 Å². The van der Waals surface area contributed by atoms with E-state index in [4.69, 9.17) is 26.2 Å². The Labute approximate surface area is 167 Å². The van der Waals surface area contributed by atoms with Gasteiger partial charge in [-0.3, -0.25) is 9.59 Å². The fraction of sp³-hybridized carbons (Fsp3) is 0.500. The van der Waals surface area contributed by atoms with Crippen LogP contribution < -0.4 is 5.73 Å². The van der Waals surface area contributed by atoms with Gasteiger partial charge in [0, 0.05) is 0 Å². The average Bonchev–Trinajstić information content (AvgIpc) is 2.71. The number of aliphatic carboxylic acids is 1. The Hall–Kier alpha value is -2.41. The van der Waals surface area contributed by atoms with Gasteiger partial charge in [-0.15, -0.1) is 0 Å². The number of benzene rings is 1. The quantitative estimate of drug-likeness (QED) is 0.153. The maximum Gasteiger partial charge on any atom is 0.335 e. The molecule has 0 heterocycles. The summed E-state index contributed by atoms with van der Waals surface area (Å²) in [6.07, 6.45) is -8.26. The number of aliphatic hydroxyl groups is 5. The predicted molar refractivity (Wildman–Crippen MR) is 98.5 cm³/mol. The van der Waals surface area contributed by atoms with Crippen molar-refractivity contribution in [2.75, 3.05) is 6.61 Å². The standard InChI is InChI=1S/C9H11NO2.C9H16O8/c10-8(9(11)12)6-7-4-2-1-3-5-7;1-4(12)9(16)17-6(3-11)8(15)7(14)5(13)2-10/h1-5,8H,6,10H2,(H,11,12);3-8,10,12-15H,2H2,1H3/t;4?,5-,6+,7-,8-/m.1/s1. The molecule has 6 atom stereocenters. The molecule has 0 radical (unpaired) electrons. The summed E-state index contributed by atoms with van der Waals surface area (Å²) in [7, 11) is 0. The number of hydrogen-bond acceptors (Lipinski definition) is 10. The number of rotatable bonds is 10. The van der Waals surface area contributed by atoms with Crippen LogP contribution in [0.2, 0.25) is 0 Å². The van der Waals surface area contributed by atoms with E-state index in [0.29, 0.717) is 6.42 Å². The molecule has 0 aliphatic carbocycles. The first-order chi connectivity index (χ1) is 13.5. The third kappa shape index (κ3) is 10.1. The molecular weight excluding hydrogens is 390 g/mol. The highest BCUT2D eigenvalue weighted by Gasteiger charge is 2.34. The molecule has 0 aromatic heterocycles. The molecule has 8 N–H and O–H groups in total. The van der Waals surface area contributed by atoms with E-state index in [9.17, 15) is 24.6 Å². The molecule has 164 valence electrons. The molecule has 0 bridgehead atoms. The van der Waals surface area contributed by atoms with Crippen LogP contribution >= 0.6 is 0 Å². The van der Waals surface area contributed by atoms with E-state index >= 15 is 0 Å². The van der Waals surface area contributed by atoms with Crippen molar-refractivity contribution in [3.05, 3.63) is 35.9 Å². The zero-order valence-electron chi connectivity index (χ0n) is 15.7.